The quantitative estimate of drug-likeness (QED) is 0.856. The van der Waals surface area contributed by atoms with E-state index in [0.717, 1.165) is 24.6 Å². The molecule has 1 N–H and O–H groups in total. The molecule has 0 spiro atoms. The molecule has 0 fully saturated rings. The van der Waals surface area contributed by atoms with Gasteiger partial charge in [-0.1, -0.05) is 35.9 Å². The fourth-order valence-electron chi connectivity index (χ4n) is 2.05. The van der Waals surface area contributed by atoms with Crippen molar-refractivity contribution in [3.63, 3.8) is 0 Å². The van der Waals surface area contributed by atoms with E-state index in [1.807, 2.05) is 18.2 Å². The molecular weight excluding hydrogens is 330 g/mol. The number of benzene rings is 2. The van der Waals surface area contributed by atoms with Crippen LogP contribution in [-0.4, -0.2) is 14.2 Å². The molecule has 0 saturated carbocycles. The van der Waals surface area contributed by atoms with Crippen molar-refractivity contribution in [2.75, 3.05) is 14.2 Å². The van der Waals surface area contributed by atoms with Gasteiger partial charge in [0.05, 0.1) is 14.2 Å². The number of rotatable bonds is 6. The van der Waals surface area contributed by atoms with Gasteiger partial charge < -0.3 is 14.8 Å². The largest absolute Gasteiger partial charge is 0.493 e. The number of ether oxygens (including phenoxy) is 2. The van der Waals surface area contributed by atoms with Crippen LogP contribution < -0.4 is 14.8 Å². The van der Waals surface area contributed by atoms with Crippen molar-refractivity contribution >= 4 is 17.0 Å². The minimum absolute atomic E-state index is 0. The molecule has 0 heterocycles. The smallest absolute Gasteiger partial charge is 0.161 e. The number of aryl methyl sites for hydroxylation is 1. The zero-order valence-corrected chi connectivity index (χ0v) is 14.4. The normalized spacial score (nSPS) is 9.86. The molecule has 0 aliphatic rings. The maximum Gasteiger partial charge on any atom is 0.161 e. The second kappa shape index (κ2) is 8.70. The average molecular weight is 352 g/mol. The zero-order chi connectivity index (χ0) is 14.4. The molecule has 0 unspecified atom stereocenters. The van der Waals surface area contributed by atoms with Gasteiger partial charge in [-0.15, -0.1) is 17.0 Å². The summed E-state index contributed by atoms with van der Waals surface area (Å²) in [6, 6.07) is 14.5. The standard InChI is InChI=1S/C17H21NO2.BrH/c1-13-4-6-14(7-5-13)11-18-12-15-8-9-16(19-2)17(10-15)20-3;/h4-10,18H,11-12H2,1-3H3;1H. The van der Waals surface area contributed by atoms with E-state index in [9.17, 15) is 0 Å². The predicted molar refractivity (Wildman–Crippen MR) is 91.6 cm³/mol. The van der Waals surface area contributed by atoms with E-state index in [1.54, 1.807) is 14.2 Å². The van der Waals surface area contributed by atoms with Crippen LogP contribution in [0.4, 0.5) is 0 Å². The van der Waals surface area contributed by atoms with Crippen LogP contribution in [0.2, 0.25) is 0 Å². The second-order valence-electron chi connectivity index (χ2n) is 4.78. The van der Waals surface area contributed by atoms with Crippen molar-refractivity contribution < 1.29 is 9.47 Å². The summed E-state index contributed by atoms with van der Waals surface area (Å²) in [5, 5.41) is 3.43. The molecule has 0 saturated heterocycles. The van der Waals surface area contributed by atoms with Crippen molar-refractivity contribution in [2.24, 2.45) is 0 Å². The van der Waals surface area contributed by atoms with Gasteiger partial charge in [0.2, 0.25) is 0 Å². The third-order valence-corrected chi connectivity index (χ3v) is 3.23. The second-order valence-corrected chi connectivity index (χ2v) is 4.78. The Labute approximate surface area is 137 Å². The fourth-order valence-corrected chi connectivity index (χ4v) is 2.05. The van der Waals surface area contributed by atoms with Crippen LogP contribution in [0.5, 0.6) is 11.5 Å². The summed E-state index contributed by atoms with van der Waals surface area (Å²) in [5.74, 6) is 1.52. The number of halogens is 1. The molecule has 0 aromatic heterocycles. The minimum atomic E-state index is 0. The summed E-state index contributed by atoms with van der Waals surface area (Å²) >= 11 is 0. The Morgan fingerprint density at radius 3 is 2.00 bits per heavy atom. The zero-order valence-electron chi connectivity index (χ0n) is 12.7. The van der Waals surface area contributed by atoms with Gasteiger partial charge in [0.25, 0.3) is 0 Å². The summed E-state index contributed by atoms with van der Waals surface area (Å²) < 4.78 is 10.5. The van der Waals surface area contributed by atoms with Gasteiger partial charge in [0.15, 0.2) is 11.5 Å². The van der Waals surface area contributed by atoms with E-state index in [-0.39, 0.29) is 17.0 Å². The lowest BCUT2D eigenvalue weighted by Crippen LogP contribution is -2.12. The number of hydrogen-bond acceptors (Lipinski definition) is 3. The van der Waals surface area contributed by atoms with Crippen LogP contribution in [0, 0.1) is 6.92 Å². The minimum Gasteiger partial charge on any atom is -0.493 e. The molecule has 114 valence electrons. The first kappa shape index (κ1) is 17.5. The van der Waals surface area contributed by atoms with E-state index in [2.05, 4.69) is 36.5 Å². The first-order valence-electron chi connectivity index (χ1n) is 6.70. The molecule has 0 amide bonds. The molecule has 0 aliphatic heterocycles. The van der Waals surface area contributed by atoms with Gasteiger partial charge in [-0.25, -0.2) is 0 Å². The monoisotopic (exact) mass is 351 g/mol. The first-order valence-corrected chi connectivity index (χ1v) is 6.70. The third-order valence-electron chi connectivity index (χ3n) is 3.23. The molecule has 2 aromatic rings. The number of nitrogens with one attached hydrogen (secondary N) is 1. The Balaban J connectivity index is 0.00000220. The van der Waals surface area contributed by atoms with Gasteiger partial charge in [0, 0.05) is 13.1 Å². The van der Waals surface area contributed by atoms with Crippen molar-refractivity contribution in [3.05, 3.63) is 59.2 Å². The van der Waals surface area contributed by atoms with E-state index >= 15 is 0 Å². The molecule has 0 aliphatic carbocycles. The van der Waals surface area contributed by atoms with Crippen molar-refractivity contribution in [3.8, 4) is 11.5 Å². The Hall–Kier alpha value is -1.52. The molecule has 2 rings (SSSR count). The Morgan fingerprint density at radius 2 is 1.38 bits per heavy atom. The van der Waals surface area contributed by atoms with Gasteiger partial charge in [-0.3, -0.25) is 0 Å². The Morgan fingerprint density at radius 1 is 0.810 bits per heavy atom. The van der Waals surface area contributed by atoms with E-state index < -0.39 is 0 Å². The van der Waals surface area contributed by atoms with E-state index in [4.69, 9.17) is 9.47 Å². The summed E-state index contributed by atoms with van der Waals surface area (Å²) in [5.41, 5.74) is 3.75. The highest BCUT2D eigenvalue weighted by Gasteiger charge is 2.04. The third kappa shape index (κ3) is 5.06. The lowest BCUT2D eigenvalue weighted by Gasteiger charge is -2.10. The van der Waals surface area contributed by atoms with Crippen LogP contribution in [0.15, 0.2) is 42.5 Å². The molecule has 0 atom stereocenters. The lowest BCUT2D eigenvalue weighted by molar-refractivity contribution is 0.354. The van der Waals surface area contributed by atoms with Gasteiger partial charge >= 0.3 is 0 Å². The van der Waals surface area contributed by atoms with Gasteiger partial charge in [-0.2, -0.15) is 0 Å². The van der Waals surface area contributed by atoms with E-state index in [1.165, 1.54) is 16.7 Å². The van der Waals surface area contributed by atoms with Crippen LogP contribution in [0.1, 0.15) is 16.7 Å². The molecule has 0 bridgehead atoms. The maximum atomic E-state index is 5.30. The number of hydrogen-bond donors (Lipinski definition) is 1. The van der Waals surface area contributed by atoms with E-state index in [0.29, 0.717) is 0 Å². The summed E-state index contributed by atoms with van der Waals surface area (Å²) in [6.45, 7) is 3.75. The SMILES string of the molecule is Br.COc1ccc(CNCc2ccc(C)cc2)cc1OC. The molecule has 4 heteroatoms. The van der Waals surface area contributed by atoms with Crippen LogP contribution in [0.25, 0.3) is 0 Å². The molecular formula is C17H22BrNO2. The van der Waals surface area contributed by atoms with Crippen molar-refractivity contribution in [1.29, 1.82) is 0 Å². The van der Waals surface area contributed by atoms with Crippen molar-refractivity contribution in [2.45, 2.75) is 20.0 Å². The molecule has 3 nitrogen and oxygen atoms in total. The highest BCUT2D eigenvalue weighted by Crippen LogP contribution is 2.27. The molecule has 0 radical (unpaired) electrons. The van der Waals surface area contributed by atoms with Crippen LogP contribution in [-0.2, 0) is 13.1 Å². The Kier molecular flexibility index (Phi) is 7.26. The van der Waals surface area contributed by atoms with Gasteiger partial charge in [0.1, 0.15) is 0 Å². The predicted octanol–water partition coefficient (Wildman–Crippen LogP) is 3.88. The fraction of sp³-hybridized carbons (Fsp3) is 0.294. The van der Waals surface area contributed by atoms with Crippen LogP contribution >= 0.6 is 17.0 Å². The number of methoxy groups -OCH3 is 2. The van der Waals surface area contributed by atoms with Gasteiger partial charge in [-0.05, 0) is 30.2 Å². The summed E-state index contributed by atoms with van der Waals surface area (Å²) in [7, 11) is 3.30. The summed E-state index contributed by atoms with van der Waals surface area (Å²) in [6.07, 6.45) is 0. The lowest BCUT2D eigenvalue weighted by atomic mass is 10.1. The topological polar surface area (TPSA) is 30.5 Å². The average Bonchev–Trinajstić information content (AvgIpc) is 2.49. The molecule has 2 aromatic carbocycles. The highest BCUT2D eigenvalue weighted by molar-refractivity contribution is 8.93. The molecule has 21 heavy (non-hydrogen) atoms. The maximum absolute atomic E-state index is 5.30. The van der Waals surface area contributed by atoms with Crippen LogP contribution in [0.3, 0.4) is 0 Å². The first-order chi connectivity index (χ1) is 9.72. The van der Waals surface area contributed by atoms with Crippen molar-refractivity contribution in [1.82, 2.24) is 5.32 Å². The highest BCUT2D eigenvalue weighted by atomic mass is 79.9. The summed E-state index contributed by atoms with van der Waals surface area (Å²) in [4.78, 5) is 0. The Bertz CT molecular complexity index is 555.